The minimum absolute atomic E-state index is 0.105. The highest BCUT2D eigenvalue weighted by atomic mass is 32.1. The van der Waals surface area contributed by atoms with Crippen LogP contribution in [0.4, 0.5) is 0 Å². The van der Waals surface area contributed by atoms with Crippen LogP contribution in [0.2, 0.25) is 0 Å². The number of nitrogens with zero attached hydrogens (tertiary/aromatic N) is 1. The number of aromatic nitrogens is 1. The summed E-state index contributed by atoms with van der Waals surface area (Å²) < 4.78 is 11.5. The smallest absolute Gasteiger partial charge is 0.273 e. The van der Waals surface area contributed by atoms with Crippen LogP contribution in [0.5, 0.6) is 5.19 Å². The summed E-state index contributed by atoms with van der Waals surface area (Å²) in [6, 6.07) is 0. The van der Waals surface area contributed by atoms with E-state index in [9.17, 15) is 0 Å². The van der Waals surface area contributed by atoms with Gasteiger partial charge < -0.3 is 14.8 Å². The highest BCUT2D eigenvalue weighted by Crippen LogP contribution is 2.19. The van der Waals surface area contributed by atoms with Gasteiger partial charge in [0.15, 0.2) is 0 Å². The molecule has 5 heteroatoms. The van der Waals surface area contributed by atoms with Gasteiger partial charge in [-0.25, -0.2) is 4.98 Å². The molecule has 1 atom stereocenters. The average Bonchev–Trinajstić information content (AvgIpc) is 2.60. The van der Waals surface area contributed by atoms with Crippen molar-refractivity contribution in [2.75, 3.05) is 19.7 Å². The number of rotatable bonds is 3. The molecule has 0 spiro atoms. The molecule has 1 aliphatic rings. The minimum Gasteiger partial charge on any atom is -0.467 e. The SMILES string of the molecule is Cc1csc(OCC2CNCC(C)(C)O2)n1. The first-order valence-electron chi connectivity index (χ1n) is 5.49. The van der Waals surface area contributed by atoms with E-state index < -0.39 is 0 Å². The second kappa shape index (κ2) is 4.69. The van der Waals surface area contributed by atoms with Gasteiger partial charge in [0, 0.05) is 18.5 Å². The summed E-state index contributed by atoms with van der Waals surface area (Å²) in [5.41, 5.74) is 0.897. The first-order chi connectivity index (χ1) is 7.55. The number of hydrogen-bond acceptors (Lipinski definition) is 5. The van der Waals surface area contributed by atoms with Gasteiger partial charge in [-0.05, 0) is 20.8 Å². The van der Waals surface area contributed by atoms with E-state index in [1.165, 1.54) is 11.3 Å². The lowest BCUT2D eigenvalue weighted by Gasteiger charge is -2.36. The van der Waals surface area contributed by atoms with E-state index in [1.54, 1.807) is 0 Å². The molecule has 1 aliphatic heterocycles. The second-order valence-electron chi connectivity index (χ2n) is 4.70. The van der Waals surface area contributed by atoms with E-state index in [1.807, 2.05) is 12.3 Å². The molecule has 0 saturated carbocycles. The number of hydrogen-bond donors (Lipinski definition) is 1. The van der Waals surface area contributed by atoms with Crippen LogP contribution in [0.15, 0.2) is 5.38 Å². The van der Waals surface area contributed by atoms with Gasteiger partial charge in [-0.1, -0.05) is 11.3 Å². The average molecular weight is 242 g/mol. The largest absolute Gasteiger partial charge is 0.467 e. The van der Waals surface area contributed by atoms with Gasteiger partial charge in [0.25, 0.3) is 5.19 Å². The van der Waals surface area contributed by atoms with Gasteiger partial charge in [-0.2, -0.15) is 0 Å². The van der Waals surface area contributed by atoms with Crippen molar-refractivity contribution < 1.29 is 9.47 Å². The maximum absolute atomic E-state index is 5.89. The van der Waals surface area contributed by atoms with Crippen molar-refractivity contribution >= 4 is 11.3 Å². The Kier molecular flexibility index (Phi) is 3.47. The van der Waals surface area contributed by atoms with Crippen LogP contribution < -0.4 is 10.1 Å². The first-order valence-corrected chi connectivity index (χ1v) is 6.37. The summed E-state index contributed by atoms with van der Waals surface area (Å²) in [4.78, 5) is 4.25. The van der Waals surface area contributed by atoms with Crippen molar-refractivity contribution in [3.05, 3.63) is 11.1 Å². The maximum Gasteiger partial charge on any atom is 0.273 e. The standard InChI is InChI=1S/C11H18N2O2S/c1-8-6-16-10(13-8)14-5-9-4-12-7-11(2,3)15-9/h6,9,12H,4-5,7H2,1-3H3. The lowest BCUT2D eigenvalue weighted by atomic mass is 10.1. The van der Waals surface area contributed by atoms with Crippen LogP contribution in [0.1, 0.15) is 19.5 Å². The molecule has 4 nitrogen and oxygen atoms in total. The van der Waals surface area contributed by atoms with Crippen molar-refractivity contribution in [3.8, 4) is 5.19 Å². The Balaban J connectivity index is 1.82. The fourth-order valence-electron chi connectivity index (χ4n) is 1.72. The van der Waals surface area contributed by atoms with E-state index >= 15 is 0 Å². The Hall–Kier alpha value is -0.650. The van der Waals surface area contributed by atoms with Gasteiger partial charge in [-0.15, -0.1) is 0 Å². The van der Waals surface area contributed by atoms with Crippen LogP contribution in [0.25, 0.3) is 0 Å². The quantitative estimate of drug-likeness (QED) is 0.874. The van der Waals surface area contributed by atoms with Crippen LogP contribution in [-0.2, 0) is 4.74 Å². The Labute approximate surface area is 100.0 Å². The third kappa shape index (κ3) is 3.17. The molecule has 0 bridgehead atoms. The monoisotopic (exact) mass is 242 g/mol. The minimum atomic E-state index is -0.106. The van der Waals surface area contributed by atoms with Crippen molar-refractivity contribution in [1.29, 1.82) is 0 Å². The predicted octanol–water partition coefficient (Wildman–Crippen LogP) is 1.60. The number of thiazole rings is 1. The third-order valence-electron chi connectivity index (χ3n) is 2.40. The van der Waals surface area contributed by atoms with E-state index in [2.05, 4.69) is 24.1 Å². The summed E-state index contributed by atoms with van der Waals surface area (Å²) in [5.74, 6) is 0. The van der Waals surface area contributed by atoms with Crippen molar-refractivity contribution in [2.45, 2.75) is 32.5 Å². The van der Waals surface area contributed by atoms with E-state index in [0.717, 1.165) is 24.0 Å². The Morgan fingerprint density at radius 3 is 3.12 bits per heavy atom. The van der Waals surface area contributed by atoms with Crippen LogP contribution >= 0.6 is 11.3 Å². The summed E-state index contributed by atoms with van der Waals surface area (Å²) in [6.07, 6.45) is 0.105. The van der Waals surface area contributed by atoms with Gasteiger partial charge in [0.05, 0.1) is 11.3 Å². The lowest BCUT2D eigenvalue weighted by Crippen LogP contribution is -2.52. The zero-order chi connectivity index (χ0) is 11.6. The fourth-order valence-corrected chi connectivity index (χ4v) is 2.38. The molecule has 0 amide bonds. The van der Waals surface area contributed by atoms with Gasteiger partial charge in [-0.3, -0.25) is 0 Å². The number of nitrogens with one attached hydrogen (secondary N) is 1. The first kappa shape index (κ1) is 11.8. The van der Waals surface area contributed by atoms with Gasteiger partial charge in [0.1, 0.15) is 12.7 Å². The van der Waals surface area contributed by atoms with E-state index in [-0.39, 0.29) is 11.7 Å². The molecule has 1 unspecified atom stereocenters. The van der Waals surface area contributed by atoms with E-state index in [4.69, 9.17) is 9.47 Å². The summed E-state index contributed by atoms with van der Waals surface area (Å²) >= 11 is 1.53. The summed E-state index contributed by atoms with van der Waals surface area (Å²) in [6.45, 7) is 8.42. The fraction of sp³-hybridized carbons (Fsp3) is 0.727. The Morgan fingerprint density at radius 2 is 2.50 bits per heavy atom. The molecule has 1 fully saturated rings. The molecule has 2 heterocycles. The molecule has 0 aliphatic carbocycles. The molecule has 1 saturated heterocycles. The predicted molar refractivity (Wildman–Crippen MR) is 64.2 cm³/mol. The summed E-state index contributed by atoms with van der Waals surface area (Å²) in [5, 5.41) is 6.06. The number of aryl methyl sites for hydroxylation is 1. The van der Waals surface area contributed by atoms with Gasteiger partial charge in [0.2, 0.25) is 0 Å². The topological polar surface area (TPSA) is 43.4 Å². The normalized spacial score (nSPS) is 24.3. The summed E-state index contributed by atoms with van der Waals surface area (Å²) in [7, 11) is 0. The number of morpholine rings is 1. The Morgan fingerprint density at radius 1 is 1.69 bits per heavy atom. The molecule has 16 heavy (non-hydrogen) atoms. The molecule has 1 aromatic rings. The molecular weight excluding hydrogens is 224 g/mol. The zero-order valence-corrected chi connectivity index (χ0v) is 10.8. The van der Waals surface area contributed by atoms with Crippen molar-refractivity contribution in [1.82, 2.24) is 10.3 Å². The van der Waals surface area contributed by atoms with Crippen LogP contribution in [0, 0.1) is 6.92 Å². The molecule has 0 aromatic carbocycles. The maximum atomic E-state index is 5.89. The van der Waals surface area contributed by atoms with Crippen LogP contribution in [-0.4, -0.2) is 36.4 Å². The van der Waals surface area contributed by atoms with Crippen molar-refractivity contribution in [3.63, 3.8) is 0 Å². The van der Waals surface area contributed by atoms with Crippen LogP contribution in [0.3, 0.4) is 0 Å². The lowest BCUT2D eigenvalue weighted by molar-refractivity contribution is -0.107. The molecule has 1 aromatic heterocycles. The van der Waals surface area contributed by atoms with Crippen molar-refractivity contribution in [2.24, 2.45) is 0 Å². The third-order valence-corrected chi connectivity index (χ3v) is 3.27. The molecule has 1 N–H and O–H groups in total. The Bertz CT molecular complexity index is 352. The second-order valence-corrected chi connectivity index (χ2v) is 5.52. The van der Waals surface area contributed by atoms with E-state index in [0.29, 0.717) is 6.61 Å². The molecule has 2 rings (SSSR count). The molecular formula is C11H18N2O2S. The highest BCUT2D eigenvalue weighted by molar-refractivity contribution is 7.11. The number of ether oxygens (including phenoxy) is 2. The molecule has 0 radical (unpaired) electrons. The zero-order valence-electron chi connectivity index (χ0n) is 9.95. The van der Waals surface area contributed by atoms with Gasteiger partial charge >= 0.3 is 0 Å². The highest BCUT2D eigenvalue weighted by Gasteiger charge is 2.28. The molecule has 90 valence electrons.